The molecule has 1 radical (unpaired) electrons. The molecule has 1 aromatic rings. The van der Waals surface area contributed by atoms with E-state index >= 15 is 0 Å². The Bertz CT molecular complexity index is 455. The summed E-state index contributed by atoms with van der Waals surface area (Å²) in [5.74, 6) is 0. The SMILES string of the molecule is [CH2]C(=C)N1CCCNc2c1c(=O)c2=O. The molecule has 14 heavy (non-hydrogen) atoms. The van der Waals surface area contributed by atoms with Crippen molar-refractivity contribution in [3.63, 3.8) is 0 Å². The predicted molar refractivity (Wildman–Crippen MR) is 56.3 cm³/mol. The minimum absolute atomic E-state index is 0.423. The molecule has 1 aliphatic heterocycles. The zero-order valence-electron chi connectivity index (χ0n) is 7.80. The lowest BCUT2D eigenvalue weighted by atomic mass is 10.1. The average Bonchev–Trinajstić information content (AvgIpc) is 2.36. The molecule has 0 unspecified atom stereocenters. The maximum absolute atomic E-state index is 11.3. The molecular formula is C10H11N2O2. The van der Waals surface area contributed by atoms with Crippen LogP contribution in [0.25, 0.3) is 0 Å². The Balaban J connectivity index is 2.50. The van der Waals surface area contributed by atoms with Crippen LogP contribution in [-0.2, 0) is 0 Å². The largest absolute Gasteiger partial charge is 0.380 e. The van der Waals surface area contributed by atoms with Crippen molar-refractivity contribution in [3.8, 4) is 0 Å². The molecule has 0 atom stereocenters. The lowest BCUT2D eigenvalue weighted by Crippen LogP contribution is -2.40. The van der Waals surface area contributed by atoms with Gasteiger partial charge in [0, 0.05) is 18.8 Å². The van der Waals surface area contributed by atoms with E-state index in [1.54, 1.807) is 4.90 Å². The molecule has 0 bridgehead atoms. The van der Waals surface area contributed by atoms with Crippen molar-refractivity contribution in [1.82, 2.24) is 0 Å². The van der Waals surface area contributed by atoms with Crippen LogP contribution in [0.1, 0.15) is 6.42 Å². The van der Waals surface area contributed by atoms with Gasteiger partial charge >= 0.3 is 0 Å². The lowest BCUT2D eigenvalue weighted by Gasteiger charge is -2.24. The molecule has 0 amide bonds. The van der Waals surface area contributed by atoms with E-state index in [0.717, 1.165) is 6.42 Å². The number of anilines is 2. The topological polar surface area (TPSA) is 49.4 Å². The van der Waals surface area contributed by atoms with E-state index in [1.165, 1.54) is 0 Å². The number of nitrogens with zero attached hydrogens (tertiary/aromatic N) is 1. The minimum Gasteiger partial charge on any atom is -0.380 e. The van der Waals surface area contributed by atoms with Crippen LogP contribution in [0, 0.1) is 6.92 Å². The van der Waals surface area contributed by atoms with E-state index in [1.807, 2.05) is 0 Å². The van der Waals surface area contributed by atoms with Gasteiger partial charge in [-0.25, -0.2) is 0 Å². The van der Waals surface area contributed by atoms with Gasteiger partial charge in [0.05, 0.1) is 0 Å². The summed E-state index contributed by atoms with van der Waals surface area (Å²) in [7, 11) is 0. The third-order valence-electron chi connectivity index (χ3n) is 2.40. The van der Waals surface area contributed by atoms with Gasteiger partial charge in [0.25, 0.3) is 10.9 Å². The van der Waals surface area contributed by atoms with Gasteiger partial charge in [0.1, 0.15) is 11.4 Å². The van der Waals surface area contributed by atoms with Gasteiger partial charge in [-0.1, -0.05) is 6.58 Å². The van der Waals surface area contributed by atoms with Crippen LogP contribution in [0.2, 0.25) is 0 Å². The van der Waals surface area contributed by atoms with Crippen LogP contribution in [0.3, 0.4) is 0 Å². The van der Waals surface area contributed by atoms with Gasteiger partial charge in [0.15, 0.2) is 0 Å². The zero-order valence-corrected chi connectivity index (χ0v) is 7.80. The molecule has 0 aromatic heterocycles. The highest BCUT2D eigenvalue weighted by Gasteiger charge is 2.27. The summed E-state index contributed by atoms with van der Waals surface area (Å²) in [5.41, 5.74) is 0.569. The highest BCUT2D eigenvalue weighted by molar-refractivity contribution is 5.77. The fraction of sp³-hybridized carbons (Fsp3) is 0.300. The van der Waals surface area contributed by atoms with Crippen LogP contribution < -0.4 is 21.1 Å². The Morgan fingerprint density at radius 3 is 2.71 bits per heavy atom. The van der Waals surface area contributed by atoms with E-state index in [4.69, 9.17) is 0 Å². The molecule has 1 N–H and O–H groups in total. The smallest absolute Gasteiger partial charge is 0.253 e. The molecule has 0 spiro atoms. The molecule has 1 aromatic carbocycles. The van der Waals surface area contributed by atoms with Crippen LogP contribution in [0.5, 0.6) is 0 Å². The van der Waals surface area contributed by atoms with E-state index in [0.29, 0.717) is 30.2 Å². The summed E-state index contributed by atoms with van der Waals surface area (Å²) < 4.78 is 0. The second-order valence-corrected chi connectivity index (χ2v) is 3.38. The van der Waals surface area contributed by atoms with Crippen molar-refractivity contribution in [3.05, 3.63) is 39.6 Å². The summed E-state index contributed by atoms with van der Waals surface area (Å²) in [4.78, 5) is 24.2. The number of allylic oxidation sites excluding steroid dienone is 1. The first kappa shape index (κ1) is 8.99. The van der Waals surface area contributed by atoms with Crippen molar-refractivity contribution >= 4 is 11.4 Å². The highest BCUT2D eigenvalue weighted by Crippen LogP contribution is 2.25. The molecular weight excluding hydrogens is 180 g/mol. The van der Waals surface area contributed by atoms with Crippen molar-refractivity contribution in [2.24, 2.45) is 0 Å². The van der Waals surface area contributed by atoms with Gasteiger partial charge in [-0.15, -0.1) is 0 Å². The summed E-state index contributed by atoms with van der Waals surface area (Å²) in [6.45, 7) is 8.77. The normalized spacial score (nSPS) is 15.9. The maximum atomic E-state index is 11.3. The van der Waals surface area contributed by atoms with Gasteiger partial charge < -0.3 is 10.2 Å². The van der Waals surface area contributed by atoms with Crippen molar-refractivity contribution < 1.29 is 0 Å². The van der Waals surface area contributed by atoms with E-state index in [2.05, 4.69) is 18.8 Å². The first-order valence-electron chi connectivity index (χ1n) is 4.48. The monoisotopic (exact) mass is 191 g/mol. The number of hydrogen-bond donors (Lipinski definition) is 1. The summed E-state index contributed by atoms with van der Waals surface area (Å²) in [5, 5.41) is 2.94. The molecule has 0 saturated carbocycles. The van der Waals surface area contributed by atoms with E-state index < -0.39 is 10.9 Å². The van der Waals surface area contributed by atoms with E-state index in [-0.39, 0.29) is 0 Å². The third kappa shape index (κ3) is 1.07. The second-order valence-electron chi connectivity index (χ2n) is 3.38. The van der Waals surface area contributed by atoms with Gasteiger partial charge in [-0.3, -0.25) is 9.59 Å². The molecule has 1 heterocycles. The zero-order chi connectivity index (χ0) is 10.3. The Morgan fingerprint density at radius 2 is 2.07 bits per heavy atom. The van der Waals surface area contributed by atoms with Crippen LogP contribution in [0.4, 0.5) is 11.4 Å². The molecule has 0 fully saturated rings. The first-order valence-corrected chi connectivity index (χ1v) is 4.48. The molecule has 1 aliphatic rings. The Morgan fingerprint density at radius 1 is 1.36 bits per heavy atom. The molecule has 4 heteroatoms. The maximum Gasteiger partial charge on any atom is 0.253 e. The first-order chi connectivity index (χ1) is 6.63. The number of hydrogen-bond acceptors (Lipinski definition) is 4. The average molecular weight is 191 g/mol. The Kier molecular flexibility index (Phi) is 1.91. The van der Waals surface area contributed by atoms with Crippen LogP contribution >= 0.6 is 0 Å². The number of nitrogens with one attached hydrogen (secondary N) is 1. The number of fused-ring (bicyclic) bond motifs is 1. The Labute approximate surface area is 81.5 Å². The second kappa shape index (κ2) is 2.97. The summed E-state index contributed by atoms with van der Waals surface area (Å²) in [6.07, 6.45) is 0.863. The Hall–Kier alpha value is -1.58. The van der Waals surface area contributed by atoms with Gasteiger partial charge in [-0.05, 0) is 13.3 Å². The predicted octanol–water partition coefficient (Wildman–Crippen LogP) is 0.252. The number of rotatable bonds is 1. The van der Waals surface area contributed by atoms with E-state index in [9.17, 15) is 9.59 Å². The standard InChI is InChI=1S/C10H11N2O2/c1-6(2)12-5-3-4-11-7-8(12)10(14)9(7)13/h11H,1-5H2. The minimum atomic E-state index is -0.431. The quantitative estimate of drug-likeness (QED) is 0.646. The lowest BCUT2D eigenvalue weighted by molar-refractivity contribution is 0.844. The van der Waals surface area contributed by atoms with Gasteiger partial charge in [-0.2, -0.15) is 0 Å². The summed E-state index contributed by atoms with van der Waals surface area (Å²) in [6, 6.07) is 0. The fourth-order valence-electron chi connectivity index (χ4n) is 1.68. The molecule has 0 aliphatic carbocycles. The molecule has 2 rings (SSSR count). The van der Waals surface area contributed by atoms with Crippen molar-refractivity contribution in [1.29, 1.82) is 0 Å². The summed E-state index contributed by atoms with van der Waals surface area (Å²) >= 11 is 0. The van der Waals surface area contributed by atoms with Crippen LogP contribution in [-0.4, -0.2) is 13.1 Å². The molecule has 0 saturated heterocycles. The highest BCUT2D eigenvalue weighted by atomic mass is 16.2. The molecule has 4 nitrogen and oxygen atoms in total. The van der Waals surface area contributed by atoms with Crippen LogP contribution in [0.15, 0.2) is 21.9 Å². The third-order valence-corrected chi connectivity index (χ3v) is 2.40. The fourth-order valence-corrected chi connectivity index (χ4v) is 1.68. The van der Waals surface area contributed by atoms with Gasteiger partial charge in [0.2, 0.25) is 0 Å². The van der Waals surface area contributed by atoms with Crippen molar-refractivity contribution in [2.45, 2.75) is 6.42 Å². The molecule has 73 valence electrons. The van der Waals surface area contributed by atoms with Crippen molar-refractivity contribution in [2.75, 3.05) is 23.3 Å².